The fourth-order valence-corrected chi connectivity index (χ4v) is 3.25. The summed E-state index contributed by atoms with van der Waals surface area (Å²) < 4.78 is 20.1. The number of benzene rings is 1. The molecule has 2 N–H and O–H groups in total. The van der Waals surface area contributed by atoms with Crippen LogP contribution in [0.2, 0.25) is 0 Å². The third-order valence-electron chi connectivity index (χ3n) is 3.57. The van der Waals surface area contributed by atoms with Crippen molar-refractivity contribution in [2.45, 2.75) is 12.5 Å². The van der Waals surface area contributed by atoms with Crippen LogP contribution in [0.5, 0.6) is 11.5 Å². The van der Waals surface area contributed by atoms with Gasteiger partial charge in [-0.05, 0) is 19.1 Å². The molecule has 1 aliphatic rings. The SMILES string of the molecule is [B]OCCOCCO/C=C/Oc1cccc(C2=N[C@@](C)(C(=O)O)CS2)c1O. The van der Waals surface area contributed by atoms with Gasteiger partial charge in [-0.3, -0.25) is 4.99 Å². The number of para-hydroxylation sites is 1. The van der Waals surface area contributed by atoms with E-state index >= 15 is 0 Å². The summed E-state index contributed by atoms with van der Waals surface area (Å²) >= 11 is 1.28. The van der Waals surface area contributed by atoms with Gasteiger partial charge >= 0.3 is 5.97 Å². The number of aliphatic imine (C=N–C) groups is 1. The van der Waals surface area contributed by atoms with Crippen molar-refractivity contribution in [1.82, 2.24) is 0 Å². The lowest BCUT2D eigenvalue weighted by Crippen LogP contribution is -2.33. The van der Waals surface area contributed by atoms with Crippen molar-refractivity contribution in [3.63, 3.8) is 0 Å². The second-order valence-electron chi connectivity index (χ2n) is 5.68. The van der Waals surface area contributed by atoms with E-state index in [0.29, 0.717) is 42.8 Å². The van der Waals surface area contributed by atoms with Gasteiger partial charge < -0.3 is 29.1 Å². The molecule has 2 rings (SSSR count). The van der Waals surface area contributed by atoms with Crippen molar-refractivity contribution in [3.05, 3.63) is 36.3 Å². The highest BCUT2D eigenvalue weighted by Gasteiger charge is 2.39. The van der Waals surface area contributed by atoms with Crippen molar-refractivity contribution >= 4 is 30.8 Å². The molecule has 0 saturated carbocycles. The number of carbonyl (C=O) groups is 1. The number of nitrogens with zero attached hydrogens (tertiary/aromatic N) is 1. The molecule has 10 heteroatoms. The number of phenols is 1. The summed E-state index contributed by atoms with van der Waals surface area (Å²) in [7, 11) is 4.86. The Morgan fingerprint density at radius 1 is 1.33 bits per heavy atom. The van der Waals surface area contributed by atoms with E-state index in [0.717, 1.165) is 0 Å². The molecular weight excluding hydrogens is 373 g/mol. The summed E-state index contributed by atoms with van der Waals surface area (Å²) in [5, 5.41) is 20.1. The van der Waals surface area contributed by atoms with Gasteiger partial charge in [-0.1, -0.05) is 6.07 Å². The molecule has 27 heavy (non-hydrogen) atoms. The number of carboxylic acid groups (broad SMARTS) is 1. The van der Waals surface area contributed by atoms with Crippen molar-refractivity contribution in [1.29, 1.82) is 0 Å². The highest BCUT2D eigenvalue weighted by molar-refractivity contribution is 8.14. The highest BCUT2D eigenvalue weighted by Crippen LogP contribution is 2.37. The normalized spacial score (nSPS) is 19.2. The first-order valence-electron chi connectivity index (χ1n) is 8.09. The molecule has 0 amide bonds. The molecule has 0 fully saturated rings. The van der Waals surface area contributed by atoms with Crippen LogP contribution in [0.3, 0.4) is 0 Å². The summed E-state index contributed by atoms with van der Waals surface area (Å²) in [5.74, 6) is -0.615. The summed E-state index contributed by atoms with van der Waals surface area (Å²) in [6, 6.07) is 4.92. The molecule has 0 saturated heterocycles. The first kappa shape index (κ1) is 21.1. The lowest BCUT2D eigenvalue weighted by molar-refractivity contribution is -0.141. The Balaban J connectivity index is 1.90. The van der Waals surface area contributed by atoms with Crippen molar-refractivity contribution in [2.24, 2.45) is 4.99 Å². The zero-order valence-corrected chi connectivity index (χ0v) is 15.6. The molecule has 1 heterocycles. The average Bonchev–Trinajstić information content (AvgIpc) is 3.05. The molecule has 0 aliphatic carbocycles. The molecule has 1 atom stereocenters. The van der Waals surface area contributed by atoms with Crippen molar-refractivity contribution < 1.29 is 33.9 Å². The molecule has 1 aliphatic heterocycles. The minimum absolute atomic E-state index is 0.117. The van der Waals surface area contributed by atoms with Crippen molar-refractivity contribution in [3.8, 4) is 11.5 Å². The lowest BCUT2D eigenvalue weighted by Gasteiger charge is -2.11. The predicted molar refractivity (Wildman–Crippen MR) is 101 cm³/mol. The maximum Gasteiger partial charge on any atom is 0.332 e. The van der Waals surface area contributed by atoms with Gasteiger partial charge in [-0.2, -0.15) is 0 Å². The molecule has 1 aromatic carbocycles. The highest BCUT2D eigenvalue weighted by atomic mass is 32.2. The van der Waals surface area contributed by atoms with Gasteiger partial charge in [0.15, 0.2) is 17.0 Å². The minimum Gasteiger partial charge on any atom is -0.504 e. The fraction of sp³-hybridized carbons (Fsp3) is 0.412. The summed E-state index contributed by atoms with van der Waals surface area (Å²) in [4.78, 5) is 15.5. The Morgan fingerprint density at radius 3 is 2.81 bits per heavy atom. The monoisotopic (exact) mass is 393 g/mol. The summed E-state index contributed by atoms with van der Waals surface area (Å²) in [5.41, 5.74) is -0.776. The van der Waals surface area contributed by atoms with Crippen LogP contribution in [0.4, 0.5) is 0 Å². The quantitative estimate of drug-likeness (QED) is 0.333. The fourth-order valence-electron chi connectivity index (χ4n) is 2.06. The van der Waals surface area contributed by atoms with Crippen LogP contribution in [-0.4, -0.2) is 67.0 Å². The molecule has 0 unspecified atom stereocenters. The Labute approximate surface area is 162 Å². The second-order valence-corrected chi connectivity index (χ2v) is 6.64. The van der Waals surface area contributed by atoms with Crippen molar-refractivity contribution in [2.75, 3.05) is 32.2 Å². The molecule has 0 spiro atoms. The van der Waals surface area contributed by atoms with E-state index in [1.807, 2.05) is 0 Å². The number of thioether (sulfide) groups is 1. The summed E-state index contributed by atoms with van der Waals surface area (Å²) in [6.45, 7) is 2.92. The van der Waals surface area contributed by atoms with E-state index in [-0.39, 0.29) is 11.5 Å². The van der Waals surface area contributed by atoms with Crippen LogP contribution in [-0.2, 0) is 18.9 Å². The number of aliphatic carboxylic acids is 1. The molecule has 1 aromatic rings. The largest absolute Gasteiger partial charge is 0.504 e. The van der Waals surface area contributed by atoms with E-state index in [4.69, 9.17) is 22.3 Å². The number of hydrogen-bond donors (Lipinski definition) is 2. The number of carboxylic acids is 1. The Bertz CT molecular complexity index is 713. The van der Waals surface area contributed by atoms with Gasteiger partial charge in [-0.15, -0.1) is 11.8 Å². The van der Waals surface area contributed by atoms with E-state index in [1.54, 1.807) is 25.1 Å². The van der Waals surface area contributed by atoms with Crippen LogP contribution in [0.15, 0.2) is 35.7 Å². The van der Waals surface area contributed by atoms with Crippen LogP contribution < -0.4 is 4.74 Å². The molecule has 0 bridgehead atoms. The van der Waals surface area contributed by atoms with Gasteiger partial charge in [0.2, 0.25) is 0 Å². The maximum atomic E-state index is 11.3. The number of hydrogen-bond acceptors (Lipinski definition) is 8. The maximum absolute atomic E-state index is 11.3. The third kappa shape index (κ3) is 5.91. The van der Waals surface area contributed by atoms with Crippen LogP contribution in [0, 0.1) is 0 Å². The molecule has 2 radical (unpaired) electrons. The molecule has 8 nitrogen and oxygen atoms in total. The van der Waals surface area contributed by atoms with Gasteiger partial charge in [0, 0.05) is 5.75 Å². The lowest BCUT2D eigenvalue weighted by atomic mass is 10.1. The smallest absolute Gasteiger partial charge is 0.332 e. The van der Waals surface area contributed by atoms with E-state index < -0.39 is 11.5 Å². The average molecular weight is 393 g/mol. The third-order valence-corrected chi connectivity index (χ3v) is 4.86. The van der Waals surface area contributed by atoms with Gasteiger partial charge in [0.25, 0.3) is 8.05 Å². The second kappa shape index (κ2) is 10.2. The standard InChI is InChI=1S/C17H20BNO7S/c1-17(16(21)22)11-27-15(19-17)12-3-2-4-13(14(12)20)25-9-7-23-5-6-24-8-10-26-18/h2-4,7,9,20H,5-6,8,10-11H2,1H3,(H,21,22)/b9-7+/t17-/m1/s1. The van der Waals surface area contributed by atoms with Crippen LogP contribution in [0.1, 0.15) is 12.5 Å². The zero-order valence-electron chi connectivity index (χ0n) is 14.8. The van der Waals surface area contributed by atoms with Crippen LogP contribution >= 0.6 is 11.8 Å². The topological polar surface area (TPSA) is 107 Å². The number of aromatic hydroxyl groups is 1. The Hall–Kier alpha value is -2.17. The minimum atomic E-state index is -1.20. The predicted octanol–water partition coefficient (Wildman–Crippen LogP) is 1.71. The molecule has 144 valence electrons. The van der Waals surface area contributed by atoms with Gasteiger partial charge in [-0.25, -0.2) is 4.79 Å². The van der Waals surface area contributed by atoms with Gasteiger partial charge in [0.1, 0.15) is 24.2 Å². The first-order valence-corrected chi connectivity index (χ1v) is 9.07. The zero-order chi connectivity index (χ0) is 19.7. The Kier molecular flexibility index (Phi) is 8.02. The Morgan fingerprint density at radius 2 is 2.11 bits per heavy atom. The molecule has 0 aromatic heterocycles. The van der Waals surface area contributed by atoms with E-state index in [2.05, 4.69) is 9.65 Å². The number of ether oxygens (including phenoxy) is 3. The first-order chi connectivity index (χ1) is 13.0. The van der Waals surface area contributed by atoms with Gasteiger partial charge in [0.05, 0.1) is 25.4 Å². The van der Waals surface area contributed by atoms with E-state index in [1.165, 1.54) is 24.3 Å². The van der Waals surface area contributed by atoms with Crippen LogP contribution in [0.25, 0.3) is 0 Å². The number of rotatable bonds is 11. The van der Waals surface area contributed by atoms with E-state index in [9.17, 15) is 15.0 Å². The molecular formula is C17H20BNO7S. The summed E-state index contributed by atoms with van der Waals surface area (Å²) in [6.07, 6.45) is 2.62. The number of phenolic OH excluding ortho intramolecular Hbond substituents is 1.